The van der Waals surface area contributed by atoms with Crippen molar-refractivity contribution in [2.75, 3.05) is 6.54 Å². The molecular formula is C16H18BrNOS. The number of ether oxygens (including phenoxy) is 1. The van der Waals surface area contributed by atoms with Crippen molar-refractivity contribution in [3.8, 4) is 5.75 Å². The fraction of sp³-hybridized carbons (Fsp3) is 0.375. The van der Waals surface area contributed by atoms with Gasteiger partial charge in [-0.05, 0) is 48.6 Å². The van der Waals surface area contributed by atoms with Gasteiger partial charge >= 0.3 is 0 Å². The molecule has 3 rings (SSSR count). The molecule has 1 N–H and O–H groups in total. The van der Waals surface area contributed by atoms with Crippen LogP contribution in [-0.2, 0) is 12.8 Å². The van der Waals surface area contributed by atoms with E-state index in [0.717, 1.165) is 29.6 Å². The molecule has 20 heavy (non-hydrogen) atoms. The zero-order valence-corrected chi connectivity index (χ0v) is 13.8. The van der Waals surface area contributed by atoms with E-state index >= 15 is 0 Å². The summed E-state index contributed by atoms with van der Waals surface area (Å²) in [5.74, 6) is 1.03. The number of fused-ring (bicyclic) bond motifs is 1. The van der Waals surface area contributed by atoms with Crippen molar-refractivity contribution in [1.29, 1.82) is 0 Å². The lowest BCUT2D eigenvalue weighted by Crippen LogP contribution is -2.36. The fourth-order valence-electron chi connectivity index (χ4n) is 2.54. The molecule has 0 amide bonds. The van der Waals surface area contributed by atoms with Crippen LogP contribution in [0.2, 0.25) is 0 Å². The van der Waals surface area contributed by atoms with E-state index in [4.69, 9.17) is 4.74 Å². The van der Waals surface area contributed by atoms with Crippen molar-refractivity contribution in [1.82, 2.24) is 5.32 Å². The zero-order chi connectivity index (χ0) is 13.9. The highest BCUT2D eigenvalue weighted by atomic mass is 79.9. The van der Waals surface area contributed by atoms with Crippen molar-refractivity contribution in [2.45, 2.75) is 31.9 Å². The smallest absolute Gasteiger partial charge is 0.123 e. The number of nitrogens with one attached hydrogen (secondary N) is 1. The number of hydrogen-bond donors (Lipinski definition) is 1. The van der Waals surface area contributed by atoms with Crippen LogP contribution in [0.25, 0.3) is 0 Å². The van der Waals surface area contributed by atoms with Crippen LogP contribution in [0.1, 0.15) is 17.4 Å². The van der Waals surface area contributed by atoms with Gasteiger partial charge < -0.3 is 10.1 Å². The Morgan fingerprint density at radius 1 is 1.45 bits per heavy atom. The summed E-state index contributed by atoms with van der Waals surface area (Å²) in [5, 5.41) is 5.72. The Morgan fingerprint density at radius 2 is 2.35 bits per heavy atom. The number of hydrogen-bond acceptors (Lipinski definition) is 3. The zero-order valence-electron chi connectivity index (χ0n) is 11.4. The van der Waals surface area contributed by atoms with Gasteiger partial charge in [-0.15, -0.1) is 11.3 Å². The van der Waals surface area contributed by atoms with Gasteiger partial charge in [0, 0.05) is 28.4 Å². The molecule has 2 unspecified atom stereocenters. The second-order valence-corrected chi connectivity index (χ2v) is 7.24. The molecule has 1 aliphatic rings. The lowest BCUT2D eigenvalue weighted by Gasteiger charge is -2.16. The van der Waals surface area contributed by atoms with Gasteiger partial charge in [0.1, 0.15) is 11.9 Å². The summed E-state index contributed by atoms with van der Waals surface area (Å²) in [6, 6.07) is 11.0. The van der Waals surface area contributed by atoms with E-state index in [1.54, 1.807) is 0 Å². The minimum Gasteiger partial charge on any atom is -0.488 e. The van der Waals surface area contributed by atoms with E-state index in [1.165, 1.54) is 10.4 Å². The lowest BCUT2D eigenvalue weighted by atomic mass is 10.1. The van der Waals surface area contributed by atoms with Crippen LogP contribution in [0.4, 0.5) is 0 Å². The average Bonchev–Trinajstić information content (AvgIpc) is 3.04. The highest BCUT2D eigenvalue weighted by Gasteiger charge is 2.23. The third kappa shape index (κ3) is 3.43. The Labute approximate surface area is 132 Å². The van der Waals surface area contributed by atoms with E-state index < -0.39 is 0 Å². The number of halogens is 1. The first-order valence-electron chi connectivity index (χ1n) is 6.91. The SMILES string of the molecule is CC(Cc1cccs1)NCC1Cc2cc(Br)ccc2O1. The summed E-state index contributed by atoms with van der Waals surface area (Å²) in [7, 11) is 0. The first kappa shape index (κ1) is 14.1. The van der Waals surface area contributed by atoms with Gasteiger partial charge in [0.2, 0.25) is 0 Å². The minimum atomic E-state index is 0.255. The Hall–Kier alpha value is -0.840. The molecule has 1 aromatic heterocycles. The summed E-state index contributed by atoms with van der Waals surface area (Å²) in [6.07, 6.45) is 2.33. The molecule has 0 fully saturated rings. The topological polar surface area (TPSA) is 21.3 Å². The molecule has 2 nitrogen and oxygen atoms in total. The molecule has 2 heterocycles. The predicted molar refractivity (Wildman–Crippen MR) is 87.7 cm³/mol. The van der Waals surface area contributed by atoms with E-state index in [0.29, 0.717) is 6.04 Å². The lowest BCUT2D eigenvalue weighted by molar-refractivity contribution is 0.222. The number of rotatable bonds is 5. The Kier molecular flexibility index (Phi) is 4.44. The normalized spacial score (nSPS) is 18.6. The van der Waals surface area contributed by atoms with Gasteiger partial charge in [0.05, 0.1) is 0 Å². The van der Waals surface area contributed by atoms with Crippen molar-refractivity contribution < 1.29 is 4.74 Å². The van der Waals surface area contributed by atoms with Gasteiger partial charge in [-0.3, -0.25) is 0 Å². The summed E-state index contributed by atoms with van der Waals surface area (Å²) in [5.41, 5.74) is 1.30. The van der Waals surface area contributed by atoms with E-state index in [1.807, 2.05) is 17.4 Å². The molecule has 0 bridgehead atoms. The van der Waals surface area contributed by atoms with Gasteiger partial charge in [-0.2, -0.15) is 0 Å². The first-order valence-corrected chi connectivity index (χ1v) is 8.59. The molecular weight excluding hydrogens is 334 g/mol. The summed E-state index contributed by atoms with van der Waals surface area (Å²) in [6.45, 7) is 3.14. The standard InChI is InChI=1S/C16H18BrNOS/c1-11(7-15-3-2-6-20-15)18-10-14-9-12-8-13(17)4-5-16(12)19-14/h2-6,8,11,14,18H,7,9-10H2,1H3. The third-order valence-corrected chi connectivity index (χ3v) is 4.94. The van der Waals surface area contributed by atoms with Crippen LogP contribution in [-0.4, -0.2) is 18.7 Å². The van der Waals surface area contributed by atoms with Crippen LogP contribution in [0.15, 0.2) is 40.2 Å². The molecule has 4 heteroatoms. The second-order valence-electron chi connectivity index (χ2n) is 5.29. The Balaban J connectivity index is 1.48. The van der Waals surface area contributed by atoms with Crippen LogP contribution >= 0.6 is 27.3 Å². The van der Waals surface area contributed by atoms with Gasteiger partial charge in [-0.25, -0.2) is 0 Å². The Bertz CT molecular complexity index is 570. The van der Waals surface area contributed by atoms with Gasteiger partial charge in [-0.1, -0.05) is 22.0 Å². The largest absolute Gasteiger partial charge is 0.488 e. The maximum Gasteiger partial charge on any atom is 0.123 e. The average molecular weight is 352 g/mol. The van der Waals surface area contributed by atoms with Crippen molar-refractivity contribution in [2.24, 2.45) is 0 Å². The highest BCUT2D eigenvalue weighted by Crippen LogP contribution is 2.31. The molecule has 0 aliphatic carbocycles. The minimum absolute atomic E-state index is 0.255. The highest BCUT2D eigenvalue weighted by molar-refractivity contribution is 9.10. The monoisotopic (exact) mass is 351 g/mol. The Morgan fingerprint density at radius 3 is 3.15 bits per heavy atom. The van der Waals surface area contributed by atoms with Gasteiger partial charge in [0.25, 0.3) is 0 Å². The van der Waals surface area contributed by atoms with Gasteiger partial charge in [0.15, 0.2) is 0 Å². The van der Waals surface area contributed by atoms with Crippen LogP contribution in [0.5, 0.6) is 5.75 Å². The fourth-order valence-corrected chi connectivity index (χ4v) is 3.78. The maximum atomic E-state index is 5.97. The second kappa shape index (κ2) is 6.29. The molecule has 0 saturated heterocycles. The van der Waals surface area contributed by atoms with Crippen LogP contribution < -0.4 is 10.1 Å². The molecule has 2 atom stereocenters. The first-order chi connectivity index (χ1) is 9.70. The predicted octanol–water partition coefficient (Wildman–Crippen LogP) is 4.03. The molecule has 0 spiro atoms. The van der Waals surface area contributed by atoms with E-state index in [9.17, 15) is 0 Å². The number of thiophene rings is 1. The van der Waals surface area contributed by atoms with E-state index in [2.05, 4.69) is 57.8 Å². The quantitative estimate of drug-likeness (QED) is 0.877. The third-order valence-electron chi connectivity index (χ3n) is 3.55. The van der Waals surface area contributed by atoms with Crippen LogP contribution in [0.3, 0.4) is 0 Å². The molecule has 2 aromatic rings. The molecule has 106 valence electrons. The van der Waals surface area contributed by atoms with Crippen LogP contribution in [0, 0.1) is 0 Å². The number of benzene rings is 1. The van der Waals surface area contributed by atoms with E-state index in [-0.39, 0.29) is 6.10 Å². The molecule has 0 saturated carbocycles. The summed E-state index contributed by atoms with van der Waals surface area (Å²) >= 11 is 5.33. The summed E-state index contributed by atoms with van der Waals surface area (Å²) in [4.78, 5) is 1.43. The molecule has 1 aromatic carbocycles. The molecule has 1 aliphatic heterocycles. The van der Waals surface area contributed by atoms with Crippen molar-refractivity contribution in [3.05, 3.63) is 50.6 Å². The summed E-state index contributed by atoms with van der Waals surface area (Å²) < 4.78 is 7.09. The maximum absolute atomic E-state index is 5.97. The van der Waals surface area contributed by atoms with Crippen molar-refractivity contribution in [3.63, 3.8) is 0 Å². The molecule has 0 radical (unpaired) electrons. The van der Waals surface area contributed by atoms with Crippen molar-refractivity contribution >= 4 is 27.3 Å².